The Morgan fingerprint density at radius 3 is 2.62 bits per heavy atom. The fraction of sp³-hybridized carbons (Fsp3) is 0.684. The molecule has 0 spiro atoms. The van der Waals surface area contributed by atoms with Crippen molar-refractivity contribution in [3.63, 3.8) is 0 Å². The minimum Gasteiger partial charge on any atom is -0.486 e. The van der Waals surface area contributed by atoms with Gasteiger partial charge in [-0.1, -0.05) is 38.4 Å². The summed E-state index contributed by atoms with van der Waals surface area (Å²) in [4.78, 5) is 0. The van der Waals surface area contributed by atoms with E-state index >= 15 is 0 Å². The monoisotopic (exact) mass is 370 g/mol. The quantitative estimate of drug-likeness (QED) is 0.471. The third-order valence-electron chi connectivity index (χ3n) is 5.06. The van der Waals surface area contributed by atoms with Crippen molar-refractivity contribution in [2.75, 3.05) is 19.8 Å². The van der Waals surface area contributed by atoms with Gasteiger partial charge in [-0.25, -0.2) is 0 Å². The predicted octanol–water partition coefficient (Wildman–Crippen LogP) is 5.46. The molecule has 1 atom stereocenters. The summed E-state index contributed by atoms with van der Waals surface area (Å²) in [5.74, 6) is 0.758. The highest BCUT2D eigenvalue weighted by molar-refractivity contribution is 6.74. The van der Waals surface area contributed by atoms with Gasteiger partial charge in [0.1, 0.15) is 11.9 Å². The second-order valence-electron chi connectivity index (χ2n) is 8.08. The summed E-state index contributed by atoms with van der Waals surface area (Å²) in [6, 6.07) is 6.09. The molecule has 0 aliphatic carbocycles. The first-order chi connectivity index (χ1) is 11.2. The van der Waals surface area contributed by atoms with Crippen LogP contribution >= 0.6 is 11.6 Å². The lowest BCUT2D eigenvalue weighted by molar-refractivity contribution is 0.141. The lowest BCUT2D eigenvalue weighted by atomic mass is 10.1. The summed E-state index contributed by atoms with van der Waals surface area (Å²) in [5.41, 5.74) is 1.23. The lowest BCUT2D eigenvalue weighted by Gasteiger charge is -2.36. The van der Waals surface area contributed by atoms with Crippen molar-refractivity contribution in [2.45, 2.75) is 64.3 Å². The minimum absolute atomic E-state index is 0.131. The van der Waals surface area contributed by atoms with Gasteiger partial charge in [0, 0.05) is 13.0 Å². The molecule has 1 aromatic rings. The molecular formula is C19H31ClO3Si. The van der Waals surface area contributed by atoms with E-state index in [1.165, 1.54) is 5.56 Å². The van der Waals surface area contributed by atoms with Gasteiger partial charge in [-0.05, 0) is 48.7 Å². The van der Waals surface area contributed by atoms with Crippen molar-refractivity contribution in [1.29, 1.82) is 0 Å². The van der Waals surface area contributed by atoms with Crippen molar-refractivity contribution < 1.29 is 13.9 Å². The first-order valence-electron chi connectivity index (χ1n) is 8.86. The van der Waals surface area contributed by atoms with E-state index in [1.807, 2.05) is 12.1 Å². The van der Waals surface area contributed by atoms with Crippen molar-refractivity contribution in [3.8, 4) is 5.75 Å². The van der Waals surface area contributed by atoms with E-state index in [0.717, 1.165) is 38.2 Å². The van der Waals surface area contributed by atoms with E-state index in [-0.39, 0.29) is 11.1 Å². The third-order valence-corrected chi connectivity index (χ3v) is 9.89. The Kier molecular flexibility index (Phi) is 6.77. The van der Waals surface area contributed by atoms with E-state index in [1.54, 1.807) is 0 Å². The molecule has 1 saturated heterocycles. The molecule has 5 heteroatoms. The summed E-state index contributed by atoms with van der Waals surface area (Å²) < 4.78 is 17.4. The second kappa shape index (κ2) is 8.22. The van der Waals surface area contributed by atoms with Gasteiger partial charge in [0.25, 0.3) is 0 Å². The molecule has 1 aromatic carbocycles. The van der Waals surface area contributed by atoms with Crippen molar-refractivity contribution in [2.24, 2.45) is 0 Å². The summed E-state index contributed by atoms with van der Waals surface area (Å²) in [6.45, 7) is 13.6. The van der Waals surface area contributed by atoms with Crippen LogP contribution in [0.3, 0.4) is 0 Å². The Bertz CT molecular complexity index is 534. The van der Waals surface area contributed by atoms with Crippen LogP contribution in [0.2, 0.25) is 23.2 Å². The minimum atomic E-state index is -1.64. The predicted molar refractivity (Wildman–Crippen MR) is 103 cm³/mol. The average molecular weight is 371 g/mol. The molecule has 1 aliphatic rings. The zero-order valence-electron chi connectivity index (χ0n) is 15.7. The zero-order valence-corrected chi connectivity index (χ0v) is 17.4. The van der Waals surface area contributed by atoms with Crippen LogP contribution in [0.5, 0.6) is 5.75 Å². The van der Waals surface area contributed by atoms with Crippen molar-refractivity contribution in [1.82, 2.24) is 0 Å². The highest BCUT2D eigenvalue weighted by atomic mass is 35.5. The second-order valence-corrected chi connectivity index (χ2v) is 13.3. The van der Waals surface area contributed by atoms with Gasteiger partial charge >= 0.3 is 0 Å². The van der Waals surface area contributed by atoms with Gasteiger partial charge in [0.15, 0.2) is 8.32 Å². The van der Waals surface area contributed by atoms with Gasteiger partial charge in [-0.15, -0.1) is 0 Å². The Balaban J connectivity index is 1.80. The third kappa shape index (κ3) is 5.48. The number of halogens is 1. The van der Waals surface area contributed by atoms with E-state index in [2.05, 4.69) is 39.9 Å². The maximum Gasteiger partial charge on any atom is 0.191 e. The number of hydrogen-bond acceptors (Lipinski definition) is 3. The van der Waals surface area contributed by atoms with E-state index < -0.39 is 8.32 Å². The SMILES string of the molecule is CC(C)(C)[Si](C)(C)OCCCc1ccc(OC2CCOC2)c(Cl)c1. The van der Waals surface area contributed by atoms with Gasteiger partial charge in [0.2, 0.25) is 0 Å². The molecule has 136 valence electrons. The Morgan fingerprint density at radius 1 is 1.29 bits per heavy atom. The van der Waals surface area contributed by atoms with E-state index in [9.17, 15) is 0 Å². The molecule has 0 N–H and O–H groups in total. The molecule has 1 heterocycles. The van der Waals surface area contributed by atoms with Crippen LogP contribution in [0.4, 0.5) is 0 Å². The average Bonchev–Trinajstić information content (AvgIpc) is 2.98. The number of benzene rings is 1. The van der Waals surface area contributed by atoms with Gasteiger partial charge in [0.05, 0.1) is 18.2 Å². The topological polar surface area (TPSA) is 27.7 Å². The first-order valence-corrected chi connectivity index (χ1v) is 12.1. The van der Waals surface area contributed by atoms with Crippen LogP contribution in [-0.4, -0.2) is 34.2 Å². The summed E-state index contributed by atoms with van der Waals surface area (Å²) in [6.07, 6.45) is 3.05. The summed E-state index contributed by atoms with van der Waals surface area (Å²) in [7, 11) is -1.64. The molecule has 1 aliphatic heterocycles. The summed E-state index contributed by atoms with van der Waals surface area (Å²) >= 11 is 6.36. The molecule has 3 nitrogen and oxygen atoms in total. The number of aryl methyl sites for hydroxylation is 1. The Morgan fingerprint density at radius 2 is 2.04 bits per heavy atom. The molecule has 2 rings (SSSR count). The molecule has 0 amide bonds. The molecule has 0 radical (unpaired) electrons. The van der Waals surface area contributed by atoms with Crippen LogP contribution in [0, 0.1) is 0 Å². The lowest BCUT2D eigenvalue weighted by Crippen LogP contribution is -2.41. The molecular weight excluding hydrogens is 340 g/mol. The summed E-state index contributed by atoms with van der Waals surface area (Å²) in [5, 5.41) is 0.948. The van der Waals surface area contributed by atoms with Crippen molar-refractivity contribution >= 4 is 19.9 Å². The smallest absolute Gasteiger partial charge is 0.191 e. The maximum absolute atomic E-state index is 6.36. The van der Waals surface area contributed by atoms with Crippen molar-refractivity contribution in [3.05, 3.63) is 28.8 Å². The van der Waals surface area contributed by atoms with Gasteiger partial charge < -0.3 is 13.9 Å². The van der Waals surface area contributed by atoms with Crippen LogP contribution in [0.25, 0.3) is 0 Å². The fourth-order valence-corrected chi connectivity index (χ4v) is 3.74. The molecule has 24 heavy (non-hydrogen) atoms. The van der Waals surface area contributed by atoms with Crippen LogP contribution < -0.4 is 4.74 Å². The highest BCUT2D eigenvalue weighted by Crippen LogP contribution is 2.36. The maximum atomic E-state index is 6.36. The van der Waals surface area contributed by atoms with Crippen LogP contribution in [0.15, 0.2) is 18.2 Å². The largest absolute Gasteiger partial charge is 0.486 e. The molecule has 0 bridgehead atoms. The molecule has 0 saturated carbocycles. The van der Waals surface area contributed by atoms with E-state index in [0.29, 0.717) is 11.6 Å². The first kappa shape index (κ1) is 19.8. The number of hydrogen-bond donors (Lipinski definition) is 0. The number of ether oxygens (including phenoxy) is 2. The van der Waals surface area contributed by atoms with Gasteiger partial charge in [-0.3, -0.25) is 0 Å². The zero-order chi connectivity index (χ0) is 17.8. The normalized spacial score (nSPS) is 18.8. The van der Waals surface area contributed by atoms with Gasteiger partial charge in [-0.2, -0.15) is 0 Å². The van der Waals surface area contributed by atoms with Crippen LogP contribution in [0.1, 0.15) is 39.2 Å². The van der Waals surface area contributed by atoms with E-state index in [4.69, 9.17) is 25.5 Å². The Hall–Kier alpha value is -0.553. The standard InChI is InChI=1S/C19H31ClO3Si/c1-19(2,3)24(4,5)22-11-6-7-15-8-9-18(17(20)13-15)23-16-10-12-21-14-16/h8-9,13,16H,6-7,10-12,14H2,1-5H3. The fourth-order valence-electron chi connectivity index (χ4n) is 2.40. The number of rotatable bonds is 7. The molecule has 1 fully saturated rings. The molecule has 0 aromatic heterocycles. The molecule has 1 unspecified atom stereocenters. The van der Waals surface area contributed by atoms with Crippen LogP contribution in [-0.2, 0) is 15.6 Å². The Labute approximate surface area is 152 Å². The highest BCUT2D eigenvalue weighted by Gasteiger charge is 2.36.